The van der Waals surface area contributed by atoms with Crippen LogP contribution in [0.5, 0.6) is 5.75 Å². The molecule has 4 aliphatic rings. The zero-order valence-electron chi connectivity index (χ0n) is 33.5. The number of alkyl halides is 3. The Balaban J connectivity index is 0.00000182. The molecular formula is C43H48F3N9O6. The zero-order valence-corrected chi connectivity index (χ0v) is 33.5. The summed E-state index contributed by atoms with van der Waals surface area (Å²) >= 11 is 0. The summed E-state index contributed by atoms with van der Waals surface area (Å²) < 4.78 is 48.3. The van der Waals surface area contributed by atoms with E-state index in [1.807, 2.05) is 12.1 Å². The number of halogens is 3. The number of hydrogen-bond acceptors (Lipinski definition) is 10. The Morgan fingerprint density at radius 1 is 0.967 bits per heavy atom. The number of nitriles is 1. The summed E-state index contributed by atoms with van der Waals surface area (Å²) in [4.78, 5) is 61.1. The van der Waals surface area contributed by atoms with Crippen molar-refractivity contribution in [3.8, 4) is 11.8 Å². The van der Waals surface area contributed by atoms with Crippen LogP contribution in [0.3, 0.4) is 0 Å². The number of benzene rings is 2. The number of rotatable bonds is 9. The van der Waals surface area contributed by atoms with Crippen LogP contribution in [-0.2, 0) is 15.8 Å². The average molecular weight is 844 g/mol. The summed E-state index contributed by atoms with van der Waals surface area (Å²) in [6.45, 7) is 4.97. The van der Waals surface area contributed by atoms with E-state index in [-0.39, 0.29) is 47.9 Å². The number of ether oxygens (including phenoxy) is 1. The standard InChI is InChI=1S/C42H46F3N9O4.CH2O2/c43-42(44,45)34-22-32(7-4-28(34)23-46)58-31-8-5-29(6-9-31)49-40(56)35-24-48-38(25-47-35)52-18-10-27(11-19-52)26-51-16-12-30(13-17-51)53-20-14-33-36(53)2-1-3-37(33)54-21-15-39(55)50-41(54)57;2-1-3/h1-4,7,14,20,22,24-25,27,29-31H,5-6,8-13,15-19,21,26H2,(H,49,56)(H,50,55,57);1H,(H,2,3). The molecule has 0 bridgehead atoms. The number of carbonyl (C=O) groups excluding carboxylic acids is 3. The number of fused-ring (bicyclic) bond motifs is 1. The maximum Gasteiger partial charge on any atom is 0.417 e. The Bertz CT molecular complexity index is 2240. The topological polar surface area (TPSA) is 186 Å². The van der Waals surface area contributed by atoms with Crippen molar-refractivity contribution in [2.75, 3.05) is 49.1 Å². The molecule has 3 N–H and O–H groups in total. The molecule has 1 saturated carbocycles. The van der Waals surface area contributed by atoms with Gasteiger partial charge in [0.2, 0.25) is 5.91 Å². The van der Waals surface area contributed by atoms with Crippen molar-refractivity contribution in [1.29, 1.82) is 5.26 Å². The van der Waals surface area contributed by atoms with Crippen molar-refractivity contribution in [2.45, 2.75) is 82.2 Å². The minimum atomic E-state index is -4.65. The molecule has 15 nitrogen and oxygen atoms in total. The molecule has 0 atom stereocenters. The lowest BCUT2D eigenvalue weighted by atomic mass is 9.92. The van der Waals surface area contributed by atoms with Gasteiger partial charge in [-0.3, -0.25) is 24.6 Å². The Morgan fingerprint density at radius 3 is 2.36 bits per heavy atom. The summed E-state index contributed by atoms with van der Waals surface area (Å²) in [7, 11) is 0. The number of piperidine rings is 2. The van der Waals surface area contributed by atoms with Gasteiger partial charge in [-0.2, -0.15) is 18.4 Å². The van der Waals surface area contributed by atoms with Crippen LogP contribution in [0, 0.1) is 17.2 Å². The highest BCUT2D eigenvalue weighted by Crippen LogP contribution is 2.36. The molecule has 18 heteroatoms. The highest BCUT2D eigenvalue weighted by atomic mass is 19.4. The third-order valence-corrected chi connectivity index (χ3v) is 12.1. The third-order valence-electron chi connectivity index (χ3n) is 12.1. The van der Waals surface area contributed by atoms with Gasteiger partial charge in [0, 0.05) is 69.4 Å². The molecule has 3 aliphatic heterocycles. The van der Waals surface area contributed by atoms with Gasteiger partial charge in [-0.05, 0) is 93.7 Å². The van der Waals surface area contributed by atoms with Gasteiger partial charge < -0.3 is 29.5 Å². The van der Waals surface area contributed by atoms with Gasteiger partial charge in [-0.1, -0.05) is 6.07 Å². The molecule has 5 heterocycles. The van der Waals surface area contributed by atoms with Crippen molar-refractivity contribution >= 4 is 46.7 Å². The molecule has 0 spiro atoms. The molecule has 4 aromatic rings. The molecule has 0 radical (unpaired) electrons. The van der Waals surface area contributed by atoms with E-state index in [4.69, 9.17) is 19.9 Å². The molecule has 3 saturated heterocycles. The van der Waals surface area contributed by atoms with Crippen molar-refractivity contribution in [2.24, 2.45) is 5.92 Å². The second kappa shape index (κ2) is 19.0. The number of carbonyl (C=O) groups is 4. The zero-order chi connectivity index (χ0) is 43.1. The summed E-state index contributed by atoms with van der Waals surface area (Å²) in [5, 5.41) is 22.4. The maximum atomic E-state index is 13.4. The molecule has 0 unspecified atom stereocenters. The van der Waals surface area contributed by atoms with Gasteiger partial charge in [0.05, 0.1) is 46.9 Å². The van der Waals surface area contributed by atoms with E-state index < -0.39 is 17.3 Å². The quantitative estimate of drug-likeness (QED) is 0.164. The second-order valence-electron chi connectivity index (χ2n) is 15.9. The van der Waals surface area contributed by atoms with Crippen LogP contribution in [0.15, 0.2) is 61.1 Å². The van der Waals surface area contributed by atoms with Crippen molar-refractivity contribution in [3.63, 3.8) is 0 Å². The fourth-order valence-corrected chi connectivity index (χ4v) is 8.92. The van der Waals surface area contributed by atoms with Gasteiger partial charge in [0.25, 0.3) is 12.4 Å². The van der Waals surface area contributed by atoms with Crippen LogP contribution in [0.25, 0.3) is 10.9 Å². The number of hydrogen-bond donors (Lipinski definition) is 3. The van der Waals surface area contributed by atoms with Gasteiger partial charge >= 0.3 is 12.2 Å². The number of aromatic nitrogens is 3. The first-order valence-corrected chi connectivity index (χ1v) is 20.6. The number of nitrogens with one attached hydrogen (secondary N) is 2. The lowest BCUT2D eigenvalue weighted by Crippen LogP contribution is -2.49. The Morgan fingerprint density at radius 2 is 1.70 bits per heavy atom. The van der Waals surface area contributed by atoms with Gasteiger partial charge in [0.1, 0.15) is 17.3 Å². The Hall–Kier alpha value is -6.22. The molecule has 2 aromatic heterocycles. The van der Waals surface area contributed by atoms with E-state index in [0.717, 1.165) is 92.9 Å². The molecule has 2 aromatic carbocycles. The largest absolute Gasteiger partial charge is 0.490 e. The van der Waals surface area contributed by atoms with E-state index >= 15 is 0 Å². The van der Waals surface area contributed by atoms with Crippen LogP contribution < -0.4 is 25.2 Å². The molecule has 4 fully saturated rings. The minimum Gasteiger partial charge on any atom is -0.490 e. The van der Waals surface area contributed by atoms with E-state index in [1.165, 1.54) is 12.3 Å². The maximum absolute atomic E-state index is 13.4. The van der Waals surface area contributed by atoms with E-state index in [0.29, 0.717) is 50.6 Å². The van der Waals surface area contributed by atoms with Crippen LogP contribution >= 0.6 is 0 Å². The second-order valence-corrected chi connectivity index (χ2v) is 15.9. The van der Waals surface area contributed by atoms with Crippen LogP contribution in [0.2, 0.25) is 0 Å². The Kier molecular flexibility index (Phi) is 13.4. The molecular weight excluding hydrogens is 796 g/mol. The number of likely N-dealkylation sites (tertiary alicyclic amines) is 1. The van der Waals surface area contributed by atoms with Crippen molar-refractivity contribution in [3.05, 3.63) is 77.9 Å². The monoisotopic (exact) mass is 843 g/mol. The predicted molar refractivity (Wildman–Crippen MR) is 218 cm³/mol. The SMILES string of the molecule is N#Cc1ccc(OC2CCC(NC(=O)c3cnc(N4CCC(CN5CCC(n6ccc7c(N8CCC(=O)NC8=O)cccc76)CC5)CC4)cn3)CC2)cc1C(F)(F)F.O=CO. The van der Waals surface area contributed by atoms with E-state index in [9.17, 15) is 27.6 Å². The number of amides is 4. The number of imide groups is 1. The minimum absolute atomic E-state index is 0.0714. The summed E-state index contributed by atoms with van der Waals surface area (Å²) in [5.74, 6) is 0.860. The number of urea groups is 1. The normalized spacial score (nSPS) is 20.6. The highest BCUT2D eigenvalue weighted by Gasteiger charge is 2.35. The van der Waals surface area contributed by atoms with Gasteiger partial charge in [-0.25, -0.2) is 14.8 Å². The fraction of sp³-hybridized carbons (Fsp3) is 0.465. The summed E-state index contributed by atoms with van der Waals surface area (Å²) in [6, 6.07) is 13.0. The van der Waals surface area contributed by atoms with Crippen LogP contribution in [-0.4, -0.2) is 100 Å². The predicted octanol–water partition coefficient (Wildman–Crippen LogP) is 6.14. The average Bonchev–Trinajstić information content (AvgIpc) is 3.70. The smallest absolute Gasteiger partial charge is 0.417 e. The number of anilines is 2. The van der Waals surface area contributed by atoms with Gasteiger partial charge in [-0.15, -0.1) is 0 Å². The highest BCUT2D eigenvalue weighted by molar-refractivity contribution is 6.09. The number of nitrogens with zero attached hydrogens (tertiary/aromatic N) is 7. The van der Waals surface area contributed by atoms with Crippen molar-refractivity contribution < 1.29 is 42.2 Å². The lowest BCUT2D eigenvalue weighted by Gasteiger charge is -2.38. The third kappa shape index (κ3) is 10.2. The molecule has 322 valence electrons. The summed E-state index contributed by atoms with van der Waals surface area (Å²) in [6.07, 6.45) is 7.18. The first kappa shape index (κ1) is 42.9. The first-order valence-electron chi connectivity index (χ1n) is 20.6. The molecule has 1 aliphatic carbocycles. The van der Waals surface area contributed by atoms with E-state index in [1.54, 1.807) is 17.2 Å². The molecule has 61 heavy (non-hydrogen) atoms. The summed E-state index contributed by atoms with van der Waals surface area (Å²) in [5.41, 5.74) is 0.714. The molecule has 8 rings (SSSR count). The lowest BCUT2D eigenvalue weighted by molar-refractivity contribution is -0.138. The van der Waals surface area contributed by atoms with Crippen LogP contribution in [0.4, 0.5) is 29.5 Å². The molecule has 4 amide bonds. The van der Waals surface area contributed by atoms with E-state index in [2.05, 4.69) is 53.3 Å². The fourth-order valence-electron chi connectivity index (χ4n) is 8.92. The van der Waals surface area contributed by atoms with Crippen LogP contribution in [0.1, 0.15) is 85.4 Å². The first-order chi connectivity index (χ1) is 29.4. The van der Waals surface area contributed by atoms with Gasteiger partial charge in [0.15, 0.2) is 0 Å². The Labute approximate surface area is 350 Å². The number of carboxylic acid groups (broad SMARTS) is 1. The van der Waals surface area contributed by atoms with Crippen molar-refractivity contribution in [1.82, 2.24) is 30.1 Å².